The molecule has 0 bridgehead atoms. The molecule has 13 rings (SSSR count). The Kier molecular flexibility index (Phi) is 9.82. The Hall–Kier alpha value is -7.68. The third-order valence-corrected chi connectivity index (χ3v) is 16.8. The second-order valence-corrected chi connectivity index (χ2v) is 20.9. The van der Waals surface area contributed by atoms with E-state index in [1.807, 2.05) is 0 Å². The summed E-state index contributed by atoms with van der Waals surface area (Å²) >= 11 is 0. The van der Waals surface area contributed by atoms with Crippen molar-refractivity contribution in [2.45, 2.75) is 76.0 Å². The molecule has 10 aromatic rings. The monoisotopic (exact) mass is 902 g/mol. The van der Waals surface area contributed by atoms with Crippen LogP contribution in [0, 0.1) is 0 Å². The van der Waals surface area contributed by atoms with Crippen LogP contribution in [0.15, 0.2) is 218 Å². The Balaban J connectivity index is 0.820. The molecule has 2 unspecified atom stereocenters. The smallest absolute Gasteiger partial charge is 0.0468 e. The third kappa shape index (κ3) is 6.46. The van der Waals surface area contributed by atoms with Gasteiger partial charge in [0.1, 0.15) is 0 Å². The molecular formula is C68H58N2. The topological polar surface area (TPSA) is 6.48 Å². The molecule has 2 heteroatoms. The van der Waals surface area contributed by atoms with Crippen molar-refractivity contribution in [3.05, 3.63) is 263 Å². The zero-order valence-corrected chi connectivity index (χ0v) is 40.7. The van der Waals surface area contributed by atoms with Crippen LogP contribution in [0.3, 0.4) is 0 Å². The van der Waals surface area contributed by atoms with E-state index in [0.29, 0.717) is 0 Å². The molecule has 0 fully saturated rings. The molecule has 0 aliphatic heterocycles. The van der Waals surface area contributed by atoms with Crippen molar-refractivity contribution in [2.75, 3.05) is 9.80 Å². The fraction of sp³-hybridized carbons (Fsp3) is 0.176. The normalized spacial score (nSPS) is 18.0. The first-order valence-corrected chi connectivity index (χ1v) is 25.5. The predicted molar refractivity (Wildman–Crippen MR) is 295 cm³/mol. The first kappa shape index (κ1) is 42.4. The number of benzene rings is 10. The van der Waals surface area contributed by atoms with Crippen LogP contribution in [-0.2, 0) is 29.1 Å². The molecule has 0 heterocycles. The lowest BCUT2D eigenvalue weighted by Crippen LogP contribution is -2.40. The van der Waals surface area contributed by atoms with Gasteiger partial charge in [-0.25, -0.2) is 0 Å². The number of rotatable bonds is 11. The average Bonchev–Trinajstić information content (AvgIpc) is 3.61. The number of anilines is 6. The molecule has 0 N–H and O–H groups in total. The average molecular weight is 903 g/mol. The summed E-state index contributed by atoms with van der Waals surface area (Å²) in [5.41, 5.74) is 21.6. The highest BCUT2D eigenvalue weighted by Crippen LogP contribution is 2.59. The molecule has 2 atom stereocenters. The number of nitrogens with zero attached hydrogens (tertiary/aromatic N) is 2. The van der Waals surface area contributed by atoms with Gasteiger partial charge in [-0.05, 0) is 176 Å². The maximum absolute atomic E-state index is 2.64. The first-order valence-electron chi connectivity index (χ1n) is 25.5. The van der Waals surface area contributed by atoms with Gasteiger partial charge in [-0.2, -0.15) is 0 Å². The molecule has 0 radical (unpaired) electrons. The van der Waals surface area contributed by atoms with Crippen LogP contribution in [0.25, 0.3) is 32.7 Å². The molecule has 3 aliphatic rings. The minimum atomic E-state index is -0.114. The van der Waals surface area contributed by atoms with Gasteiger partial charge in [0.15, 0.2) is 0 Å². The summed E-state index contributed by atoms with van der Waals surface area (Å²) in [6.07, 6.45) is 5.48. The molecule has 0 spiro atoms. The fourth-order valence-electron chi connectivity index (χ4n) is 13.1. The largest absolute Gasteiger partial charge is 0.310 e. The Morgan fingerprint density at radius 2 is 0.743 bits per heavy atom. The number of hydrogen-bond donors (Lipinski definition) is 0. The van der Waals surface area contributed by atoms with Crippen LogP contribution in [0.1, 0.15) is 91.5 Å². The molecule has 0 aromatic heterocycles. The quantitative estimate of drug-likeness (QED) is 0.128. The maximum Gasteiger partial charge on any atom is 0.0468 e. The Labute approximate surface area is 413 Å². The van der Waals surface area contributed by atoms with E-state index in [2.05, 4.69) is 256 Å². The van der Waals surface area contributed by atoms with Gasteiger partial charge in [0, 0.05) is 50.4 Å². The molecule has 0 saturated heterocycles. The van der Waals surface area contributed by atoms with Crippen molar-refractivity contribution in [2.24, 2.45) is 0 Å². The second-order valence-electron chi connectivity index (χ2n) is 20.9. The Morgan fingerprint density at radius 3 is 1.20 bits per heavy atom. The van der Waals surface area contributed by atoms with Crippen molar-refractivity contribution >= 4 is 55.7 Å². The molecular weight excluding hydrogens is 845 g/mol. The van der Waals surface area contributed by atoms with Gasteiger partial charge in [-0.1, -0.05) is 180 Å². The van der Waals surface area contributed by atoms with Gasteiger partial charge in [0.2, 0.25) is 0 Å². The van der Waals surface area contributed by atoms with E-state index in [1.165, 1.54) is 94.2 Å². The molecule has 0 amide bonds. The zero-order chi connectivity index (χ0) is 47.2. The third-order valence-electron chi connectivity index (χ3n) is 16.8. The van der Waals surface area contributed by atoms with Gasteiger partial charge in [0.05, 0.1) is 0 Å². The van der Waals surface area contributed by atoms with E-state index in [-0.39, 0.29) is 16.2 Å². The molecule has 3 aliphatic carbocycles. The summed E-state index contributed by atoms with van der Waals surface area (Å²) in [6.45, 7) is 9.69. The minimum absolute atomic E-state index is 0.00121. The highest BCUT2D eigenvalue weighted by molar-refractivity contribution is 5.91. The van der Waals surface area contributed by atoms with Gasteiger partial charge >= 0.3 is 0 Å². The van der Waals surface area contributed by atoms with Crippen LogP contribution in [0.4, 0.5) is 34.1 Å². The van der Waals surface area contributed by atoms with E-state index >= 15 is 0 Å². The van der Waals surface area contributed by atoms with Crippen LogP contribution in [0.2, 0.25) is 0 Å². The number of para-hydroxylation sites is 2. The summed E-state index contributed by atoms with van der Waals surface area (Å²) in [7, 11) is 0. The fourth-order valence-corrected chi connectivity index (χ4v) is 13.1. The second kappa shape index (κ2) is 16.2. The predicted octanol–water partition coefficient (Wildman–Crippen LogP) is 18.1. The van der Waals surface area contributed by atoms with Gasteiger partial charge < -0.3 is 9.80 Å². The zero-order valence-electron chi connectivity index (χ0n) is 40.7. The Morgan fingerprint density at radius 1 is 0.357 bits per heavy atom. The molecule has 2 nitrogen and oxygen atoms in total. The highest BCUT2D eigenvalue weighted by Gasteiger charge is 2.49. The van der Waals surface area contributed by atoms with E-state index in [4.69, 9.17) is 0 Å². The maximum atomic E-state index is 2.64. The van der Waals surface area contributed by atoms with E-state index < -0.39 is 0 Å². The highest BCUT2D eigenvalue weighted by atomic mass is 15.1. The van der Waals surface area contributed by atoms with Crippen molar-refractivity contribution in [1.29, 1.82) is 0 Å². The van der Waals surface area contributed by atoms with E-state index in [9.17, 15) is 0 Å². The SMILES string of the molecule is CCCC1(c2ccc(N(c3ccccc3)c3ccc4ccccc4c3)cc2)Cc2cc3c(cc21)C(C)(C)c1cc2c(cc1-3)CC2(CC)c1ccc(N(c2ccccc2)c2ccc3ccccc3c2)cc1. The van der Waals surface area contributed by atoms with Crippen LogP contribution < -0.4 is 9.80 Å². The summed E-state index contributed by atoms with van der Waals surface area (Å²) in [5, 5.41) is 5.00. The van der Waals surface area contributed by atoms with Gasteiger partial charge in [-0.3, -0.25) is 0 Å². The lowest BCUT2D eigenvalue weighted by Gasteiger charge is -2.46. The molecule has 0 saturated carbocycles. The van der Waals surface area contributed by atoms with E-state index in [0.717, 1.165) is 49.2 Å². The van der Waals surface area contributed by atoms with Crippen molar-refractivity contribution in [3.63, 3.8) is 0 Å². The standard InChI is InChI=1S/C68H58N2/c1-5-37-68(53-29-35-57(36-30-53)70(55-23-11-8-12-24-55)59-32-26-47-18-14-16-20-49(47)39-59)45-51-41-61-60-40-50-44-67(6-2,62(50)42-64(60)66(3,4)65(61)43-63(51)68)52-27-33-56(34-28-52)69(54-21-9-7-10-22-54)58-31-25-46-17-13-15-19-48(46)38-58/h7-36,38-43H,5-6,37,44-45H2,1-4H3. The first-order chi connectivity index (χ1) is 34.3. The molecule has 70 heavy (non-hydrogen) atoms. The molecule has 10 aromatic carbocycles. The number of fused-ring (bicyclic) bond motifs is 7. The summed E-state index contributed by atoms with van der Waals surface area (Å²) < 4.78 is 0. The summed E-state index contributed by atoms with van der Waals surface area (Å²) in [5.74, 6) is 0. The van der Waals surface area contributed by atoms with Crippen LogP contribution in [-0.4, -0.2) is 0 Å². The Bertz CT molecular complexity index is 3630. The van der Waals surface area contributed by atoms with Crippen molar-refractivity contribution in [1.82, 2.24) is 0 Å². The van der Waals surface area contributed by atoms with Crippen LogP contribution >= 0.6 is 0 Å². The van der Waals surface area contributed by atoms with Crippen LogP contribution in [0.5, 0.6) is 0 Å². The van der Waals surface area contributed by atoms with E-state index in [1.54, 1.807) is 0 Å². The lowest BCUT2D eigenvalue weighted by molar-refractivity contribution is 0.408. The summed E-state index contributed by atoms with van der Waals surface area (Å²) in [6, 6.07) is 82.0. The minimum Gasteiger partial charge on any atom is -0.310 e. The van der Waals surface area contributed by atoms with Gasteiger partial charge in [-0.15, -0.1) is 0 Å². The number of hydrogen-bond acceptors (Lipinski definition) is 2. The summed E-state index contributed by atoms with van der Waals surface area (Å²) in [4.78, 5) is 4.79. The van der Waals surface area contributed by atoms with Gasteiger partial charge in [0.25, 0.3) is 0 Å². The lowest BCUT2D eigenvalue weighted by atomic mass is 9.57. The van der Waals surface area contributed by atoms with Crippen molar-refractivity contribution < 1.29 is 0 Å². The molecule has 340 valence electrons. The van der Waals surface area contributed by atoms with Crippen molar-refractivity contribution in [3.8, 4) is 11.1 Å².